The quantitative estimate of drug-likeness (QED) is 0.577. The van der Waals surface area contributed by atoms with E-state index >= 15 is 0 Å². The van der Waals surface area contributed by atoms with Crippen molar-refractivity contribution in [3.63, 3.8) is 0 Å². The Bertz CT molecular complexity index is 808. The van der Waals surface area contributed by atoms with Crippen molar-refractivity contribution in [2.45, 2.75) is 6.18 Å². The van der Waals surface area contributed by atoms with E-state index in [1.165, 1.54) is 6.07 Å². The van der Waals surface area contributed by atoms with E-state index in [0.717, 1.165) is 12.4 Å². The summed E-state index contributed by atoms with van der Waals surface area (Å²) in [7, 11) is 0. The summed E-state index contributed by atoms with van der Waals surface area (Å²) in [5, 5.41) is 10.5. The van der Waals surface area contributed by atoms with Crippen molar-refractivity contribution in [1.29, 1.82) is 0 Å². The molecule has 9 heteroatoms. The molecule has 2 aromatic rings. The number of amides is 1. The first-order valence-electron chi connectivity index (χ1n) is 6.52. The first-order valence-corrected chi connectivity index (χ1v) is 6.52. The molecular formula is C15H11F3N4O2. The average Bonchev–Trinajstić information content (AvgIpc) is 2.51. The molecule has 24 heavy (non-hydrogen) atoms. The van der Waals surface area contributed by atoms with Crippen LogP contribution in [-0.2, 0) is 6.18 Å². The van der Waals surface area contributed by atoms with E-state index in [4.69, 9.17) is 10.8 Å². The van der Waals surface area contributed by atoms with Crippen LogP contribution in [-0.4, -0.2) is 27.7 Å². The second kappa shape index (κ2) is 6.87. The molecule has 0 saturated carbocycles. The maximum atomic E-state index is 12.5. The van der Waals surface area contributed by atoms with Crippen molar-refractivity contribution in [2.75, 3.05) is 12.3 Å². The van der Waals surface area contributed by atoms with Crippen LogP contribution in [0.25, 0.3) is 11.1 Å². The van der Waals surface area contributed by atoms with Gasteiger partial charge in [0.15, 0.2) is 0 Å². The van der Waals surface area contributed by atoms with Gasteiger partial charge in [-0.25, -0.2) is 14.8 Å². The van der Waals surface area contributed by atoms with Gasteiger partial charge in [-0.05, 0) is 12.1 Å². The van der Waals surface area contributed by atoms with Gasteiger partial charge in [0.2, 0.25) is 5.82 Å². The second-order valence-electron chi connectivity index (χ2n) is 4.56. The smallest absolute Gasteiger partial charge is 0.451 e. The molecule has 0 radical (unpaired) electrons. The van der Waals surface area contributed by atoms with E-state index in [2.05, 4.69) is 27.1 Å². The van der Waals surface area contributed by atoms with Gasteiger partial charge in [0, 0.05) is 34.8 Å². The molecule has 1 aromatic heterocycles. The van der Waals surface area contributed by atoms with Crippen LogP contribution >= 0.6 is 0 Å². The predicted molar refractivity (Wildman–Crippen MR) is 79.8 cm³/mol. The van der Waals surface area contributed by atoms with E-state index in [9.17, 15) is 18.0 Å². The summed E-state index contributed by atoms with van der Waals surface area (Å²) in [6.45, 7) is -0.104. The monoisotopic (exact) mass is 336 g/mol. The number of carbonyl (C=O) groups is 1. The SMILES string of the molecule is Nc1ccc(-c2cnc(C(F)(F)F)nc2)c(C#CCNC(=O)O)c1. The predicted octanol–water partition coefficient (Wildman–Crippen LogP) is 2.36. The molecule has 0 saturated heterocycles. The number of rotatable bonds is 2. The minimum atomic E-state index is -4.62. The fraction of sp³-hybridized carbons (Fsp3) is 0.133. The van der Waals surface area contributed by atoms with Gasteiger partial charge in [-0.3, -0.25) is 0 Å². The van der Waals surface area contributed by atoms with Crippen molar-refractivity contribution in [3.05, 3.63) is 42.0 Å². The van der Waals surface area contributed by atoms with Crippen LogP contribution in [0.5, 0.6) is 0 Å². The lowest BCUT2D eigenvalue weighted by Gasteiger charge is -2.08. The zero-order valence-corrected chi connectivity index (χ0v) is 12.1. The lowest BCUT2D eigenvalue weighted by molar-refractivity contribution is -0.144. The van der Waals surface area contributed by atoms with E-state index in [1.54, 1.807) is 12.1 Å². The summed E-state index contributed by atoms with van der Waals surface area (Å²) in [4.78, 5) is 17.0. The van der Waals surface area contributed by atoms with Crippen molar-refractivity contribution in [3.8, 4) is 23.0 Å². The van der Waals surface area contributed by atoms with Crippen LogP contribution in [0.15, 0.2) is 30.6 Å². The van der Waals surface area contributed by atoms with Gasteiger partial charge in [-0.15, -0.1) is 0 Å². The van der Waals surface area contributed by atoms with Crippen LogP contribution in [0.4, 0.5) is 23.7 Å². The Labute approximate surface area is 134 Å². The molecule has 1 aromatic carbocycles. The minimum Gasteiger partial charge on any atom is -0.465 e. The highest BCUT2D eigenvalue weighted by Crippen LogP contribution is 2.28. The first-order chi connectivity index (χ1) is 11.3. The number of aromatic nitrogens is 2. The Kier molecular flexibility index (Phi) is 4.89. The van der Waals surface area contributed by atoms with Crippen molar-refractivity contribution >= 4 is 11.8 Å². The first kappa shape index (κ1) is 17.1. The molecule has 4 N–H and O–H groups in total. The van der Waals surface area contributed by atoms with Gasteiger partial charge in [0.1, 0.15) is 0 Å². The molecule has 0 atom stereocenters. The van der Waals surface area contributed by atoms with Crippen molar-refractivity contribution in [2.24, 2.45) is 0 Å². The fourth-order valence-electron chi connectivity index (χ4n) is 1.79. The molecule has 0 spiro atoms. The number of nitrogens with one attached hydrogen (secondary N) is 1. The molecule has 6 nitrogen and oxygen atoms in total. The topological polar surface area (TPSA) is 101 Å². The van der Waals surface area contributed by atoms with Crippen LogP contribution in [0.1, 0.15) is 11.4 Å². The number of carboxylic acid groups (broad SMARTS) is 1. The molecule has 0 aliphatic rings. The molecule has 1 amide bonds. The molecule has 124 valence electrons. The molecule has 0 fully saturated rings. The summed E-state index contributed by atoms with van der Waals surface area (Å²) in [5.41, 5.74) is 7.33. The third kappa shape index (κ3) is 4.36. The van der Waals surface area contributed by atoms with E-state index < -0.39 is 18.1 Å². The number of hydrogen-bond acceptors (Lipinski definition) is 4. The van der Waals surface area contributed by atoms with Gasteiger partial charge in [-0.1, -0.05) is 17.9 Å². The maximum absolute atomic E-state index is 12.5. The van der Waals surface area contributed by atoms with Crippen molar-refractivity contribution in [1.82, 2.24) is 15.3 Å². The number of nitrogens with zero attached hydrogens (tertiary/aromatic N) is 2. The van der Waals surface area contributed by atoms with Gasteiger partial charge in [0.25, 0.3) is 0 Å². The molecular weight excluding hydrogens is 325 g/mol. The van der Waals surface area contributed by atoms with Crippen molar-refractivity contribution < 1.29 is 23.1 Å². The van der Waals surface area contributed by atoms with Crippen LogP contribution in [0, 0.1) is 11.8 Å². The van der Waals surface area contributed by atoms with Gasteiger partial charge in [0.05, 0.1) is 6.54 Å². The molecule has 0 aliphatic carbocycles. The third-order valence-corrected chi connectivity index (χ3v) is 2.81. The van der Waals surface area contributed by atoms with Crippen LogP contribution in [0.3, 0.4) is 0 Å². The molecule has 0 unspecified atom stereocenters. The number of halogens is 3. The zero-order valence-electron chi connectivity index (χ0n) is 12.1. The minimum absolute atomic E-state index is 0.104. The number of benzene rings is 1. The summed E-state index contributed by atoms with van der Waals surface area (Å²) in [6.07, 6.45) is -3.75. The molecule has 2 rings (SSSR count). The molecule has 0 bridgehead atoms. The van der Waals surface area contributed by atoms with Gasteiger partial charge < -0.3 is 16.2 Å². The summed E-state index contributed by atoms with van der Waals surface area (Å²) >= 11 is 0. The second-order valence-corrected chi connectivity index (χ2v) is 4.56. The van der Waals surface area contributed by atoms with Crippen LogP contribution in [0.2, 0.25) is 0 Å². The van der Waals surface area contributed by atoms with E-state index in [-0.39, 0.29) is 6.54 Å². The van der Waals surface area contributed by atoms with E-state index in [0.29, 0.717) is 22.4 Å². The highest BCUT2D eigenvalue weighted by Gasteiger charge is 2.34. The third-order valence-electron chi connectivity index (χ3n) is 2.81. The number of nitrogen functional groups attached to an aromatic ring is 1. The Morgan fingerprint density at radius 2 is 1.96 bits per heavy atom. The standard InChI is InChI=1S/C15H11F3N4O2/c16-15(17,18)13-21-7-10(8-22-13)12-4-3-11(19)6-9(12)2-1-5-20-14(23)24/h3-4,6-8,20H,5,19H2,(H,23,24). The Morgan fingerprint density at radius 3 is 2.54 bits per heavy atom. The van der Waals surface area contributed by atoms with Crippen LogP contribution < -0.4 is 11.1 Å². The highest BCUT2D eigenvalue weighted by atomic mass is 19.4. The zero-order chi connectivity index (χ0) is 17.7. The maximum Gasteiger partial charge on any atom is 0.451 e. The number of hydrogen-bond donors (Lipinski definition) is 3. The number of alkyl halides is 3. The summed E-state index contributed by atoms with van der Waals surface area (Å²) in [6, 6.07) is 4.67. The Hall–Kier alpha value is -3.28. The number of nitrogens with two attached hydrogens (primary N) is 1. The van der Waals surface area contributed by atoms with Gasteiger partial charge >= 0.3 is 12.3 Å². The summed E-state index contributed by atoms with van der Waals surface area (Å²) in [5.74, 6) is 4.07. The lowest BCUT2D eigenvalue weighted by Crippen LogP contribution is -2.20. The average molecular weight is 336 g/mol. The lowest BCUT2D eigenvalue weighted by atomic mass is 10.0. The fourth-order valence-corrected chi connectivity index (χ4v) is 1.79. The summed E-state index contributed by atoms with van der Waals surface area (Å²) < 4.78 is 37.5. The molecule has 0 aliphatic heterocycles. The normalized spacial score (nSPS) is 10.6. The Morgan fingerprint density at radius 1 is 1.29 bits per heavy atom. The number of anilines is 1. The van der Waals surface area contributed by atoms with E-state index in [1.807, 2.05) is 0 Å². The molecule has 1 heterocycles. The highest BCUT2D eigenvalue weighted by molar-refractivity contribution is 5.72. The van der Waals surface area contributed by atoms with Gasteiger partial charge in [-0.2, -0.15) is 13.2 Å². The largest absolute Gasteiger partial charge is 0.465 e. The Balaban J connectivity index is 2.34.